The van der Waals surface area contributed by atoms with Gasteiger partial charge in [0.25, 0.3) is 0 Å². The van der Waals surface area contributed by atoms with E-state index in [1.165, 1.54) is 0 Å². The Morgan fingerprint density at radius 2 is 1.90 bits per heavy atom. The van der Waals surface area contributed by atoms with Crippen molar-refractivity contribution in [2.24, 2.45) is 5.92 Å². The first-order valence-electron chi connectivity index (χ1n) is 7.74. The van der Waals surface area contributed by atoms with Crippen LogP contribution in [0.15, 0.2) is 34.7 Å². The number of Topliss-reactive ketones (excluding diaryl/α,β-unsaturated/α-hetero) is 1. The zero-order valence-corrected chi connectivity index (χ0v) is 13.1. The number of likely N-dealkylation sites (N-methyl/N-ethyl adjacent to an activating group) is 1. The molecule has 1 heterocycles. The first-order valence-corrected chi connectivity index (χ1v) is 7.74. The number of carbonyl (C=O) groups excluding carboxylic acids is 1. The van der Waals surface area contributed by atoms with Gasteiger partial charge < -0.3 is 4.42 Å². The van der Waals surface area contributed by atoms with E-state index in [4.69, 9.17) is 4.42 Å². The van der Waals surface area contributed by atoms with Gasteiger partial charge in [0.15, 0.2) is 5.76 Å². The number of hydrogen-bond acceptors (Lipinski definition) is 3. The van der Waals surface area contributed by atoms with E-state index in [9.17, 15) is 4.79 Å². The third-order valence-electron chi connectivity index (χ3n) is 5.03. The Hall–Kier alpha value is -1.61. The van der Waals surface area contributed by atoms with Gasteiger partial charge in [-0.1, -0.05) is 25.1 Å². The lowest BCUT2D eigenvalue weighted by Crippen LogP contribution is -2.53. The first-order chi connectivity index (χ1) is 10.0. The van der Waals surface area contributed by atoms with Crippen molar-refractivity contribution >= 4 is 16.8 Å². The van der Waals surface area contributed by atoms with E-state index in [1.807, 2.05) is 44.4 Å². The molecule has 0 bridgehead atoms. The van der Waals surface area contributed by atoms with Crippen LogP contribution >= 0.6 is 0 Å². The average Bonchev–Trinajstić information content (AvgIpc) is 2.91. The lowest BCUT2D eigenvalue weighted by Gasteiger charge is -2.42. The summed E-state index contributed by atoms with van der Waals surface area (Å²) >= 11 is 0. The van der Waals surface area contributed by atoms with Crippen LogP contribution in [0, 0.1) is 5.92 Å². The number of carbonyl (C=O) groups is 1. The van der Waals surface area contributed by atoms with Gasteiger partial charge in [-0.05, 0) is 57.8 Å². The van der Waals surface area contributed by atoms with Crippen LogP contribution in [0.25, 0.3) is 11.0 Å². The molecule has 0 spiro atoms. The van der Waals surface area contributed by atoms with E-state index in [0.717, 1.165) is 36.7 Å². The molecule has 0 radical (unpaired) electrons. The topological polar surface area (TPSA) is 33.5 Å². The quantitative estimate of drug-likeness (QED) is 0.795. The highest BCUT2D eigenvalue weighted by Crippen LogP contribution is 2.38. The second-order valence-electron chi connectivity index (χ2n) is 6.59. The van der Waals surface area contributed by atoms with Crippen LogP contribution in [0.5, 0.6) is 0 Å². The van der Waals surface area contributed by atoms with Gasteiger partial charge >= 0.3 is 0 Å². The Kier molecular flexibility index (Phi) is 3.62. The lowest BCUT2D eigenvalue weighted by atomic mass is 9.73. The van der Waals surface area contributed by atoms with E-state index in [1.54, 1.807) is 0 Å². The normalized spacial score (nSPS) is 26.4. The van der Waals surface area contributed by atoms with Crippen molar-refractivity contribution in [1.29, 1.82) is 0 Å². The zero-order chi connectivity index (χ0) is 15.0. The highest BCUT2D eigenvalue weighted by atomic mass is 16.3. The molecule has 1 aliphatic carbocycles. The Morgan fingerprint density at radius 1 is 1.24 bits per heavy atom. The second-order valence-corrected chi connectivity index (χ2v) is 6.59. The number of nitrogens with zero attached hydrogens (tertiary/aromatic N) is 1. The minimum Gasteiger partial charge on any atom is -0.453 e. The molecule has 0 atom stereocenters. The summed E-state index contributed by atoms with van der Waals surface area (Å²) in [5.41, 5.74) is 0.388. The van der Waals surface area contributed by atoms with Crippen molar-refractivity contribution in [3.63, 3.8) is 0 Å². The minimum absolute atomic E-state index is 0.135. The maximum absolute atomic E-state index is 13.1. The highest BCUT2D eigenvalue weighted by Gasteiger charge is 2.44. The smallest absolute Gasteiger partial charge is 0.218 e. The predicted molar refractivity (Wildman–Crippen MR) is 84.6 cm³/mol. The summed E-state index contributed by atoms with van der Waals surface area (Å²) in [4.78, 5) is 15.2. The summed E-state index contributed by atoms with van der Waals surface area (Å²) in [6, 6.07) is 9.69. The lowest BCUT2D eigenvalue weighted by molar-refractivity contribution is 0.0487. The summed E-state index contributed by atoms with van der Waals surface area (Å²) in [7, 11) is 4.02. The SMILES string of the molecule is CC1CCC(C(=O)c2cc3ccccc3o2)(N(C)C)CC1. The molecule has 1 aromatic heterocycles. The molecule has 112 valence electrons. The molecule has 1 aromatic carbocycles. The van der Waals surface area contributed by atoms with Gasteiger partial charge in [-0.25, -0.2) is 0 Å². The van der Waals surface area contributed by atoms with Crippen molar-refractivity contribution in [2.75, 3.05) is 14.1 Å². The molecular formula is C18H23NO2. The molecule has 0 unspecified atom stereocenters. The fourth-order valence-corrected chi connectivity index (χ4v) is 3.44. The molecule has 0 N–H and O–H groups in total. The van der Waals surface area contributed by atoms with Crippen molar-refractivity contribution in [3.8, 4) is 0 Å². The molecule has 3 heteroatoms. The fraction of sp³-hybridized carbons (Fsp3) is 0.500. The van der Waals surface area contributed by atoms with Gasteiger partial charge in [0.05, 0.1) is 5.54 Å². The number of hydrogen-bond donors (Lipinski definition) is 0. The number of benzene rings is 1. The van der Waals surface area contributed by atoms with Gasteiger partial charge in [-0.15, -0.1) is 0 Å². The number of rotatable bonds is 3. The molecule has 3 rings (SSSR count). The highest BCUT2D eigenvalue weighted by molar-refractivity contribution is 6.03. The van der Waals surface area contributed by atoms with Gasteiger partial charge in [-0.2, -0.15) is 0 Å². The molecule has 0 saturated heterocycles. The van der Waals surface area contributed by atoms with E-state index in [2.05, 4.69) is 11.8 Å². The number of furan rings is 1. The van der Waals surface area contributed by atoms with Crippen LogP contribution in [0.3, 0.4) is 0 Å². The van der Waals surface area contributed by atoms with E-state index in [-0.39, 0.29) is 5.78 Å². The van der Waals surface area contributed by atoms with Crippen LogP contribution < -0.4 is 0 Å². The monoisotopic (exact) mass is 285 g/mol. The molecule has 2 aromatic rings. The van der Waals surface area contributed by atoms with Crippen molar-refractivity contribution in [2.45, 2.75) is 38.1 Å². The third-order valence-corrected chi connectivity index (χ3v) is 5.03. The molecule has 1 saturated carbocycles. The van der Waals surface area contributed by atoms with Crippen molar-refractivity contribution < 1.29 is 9.21 Å². The van der Waals surface area contributed by atoms with Crippen molar-refractivity contribution in [1.82, 2.24) is 4.90 Å². The fourth-order valence-electron chi connectivity index (χ4n) is 3.44. The largest absolute Gasteiger partial charge is 0.453 e. The Bertz CT molecular complexity index is 615. The van der Waals surface area contributed by atoms with Gasteiger partial charge in [-0.3, -0.25) is 9.69 Å². The van der Waals surface area contributed by atoms with Crippen LogP contribution in [0.4, 0.5) is 0 Å². The predicted octanol–water partition coefficient (Wildman–Crippen LogP) is 4.13. The molecule has 3 nitrogen and oxygen atoms in total. The summed E-state index contributed by atoms with van der Waals surface area (Å²) in [6.07, 6.45) is 4.03. The average molecular weight is 285 g/mol. The van der Waals surface area contributed by atoms with Crippen LogP contribution in [-0.2, 0) is 0 Å². The maximum Gasteiger partial charge on any atom is 0.218 e. The van der Waals surface area contributed by atoms with Gasteiger partial charge in [0.1, 0.15) is 5.58 Å². The van der Waals surface area contributed by atoms with E-state index >= 15 is 0 Å². The van der Waals surface area contributed by atoms with E-state index in [0.29, 0.717) is 11.7 Å². The molecule has 1 aliphatic rings. The number of fused-ring (bicyclic) bond motifs is 1. The first kappa shape index (κ1) is 14.3. The molecule has 1 fully saturated rings. The summed E-state index contributed by atoms with van der Waals surface area (Å²) in [6.45, 7) is 2.27. The Morgan fingerprint density at radius 3 is 2.52 bits per heavy atom. The van der Waals surface area contributed by atoms with E-state index < -0.39 is 5.54 Å². The standard InChI is InChI=1S/C18H23NO2/c1-13-8-10-18(11-9-13,19(2)3)17(20)16-12-14-6-4-5-7-15(14)21-16/h4-7,12-13H,8-11H2,1-3H3. The summed E-state index contributed by atoms with van der Waals surface area (Å²) in [5.74, 6) is 1.34. The molecular weight excluding hydrogens is 262 g/mol. The van der Waals surface area contributed by atoms with Gasteiger partial charge in [0.2, 0.25) is 5.78 Å². The summed E-state index contributed by atoms with van der Waals surface area (Å²) in [5, 5.41) is 0.999. The third kappa shape index (κ3) is 2.40. The maximum atomic E-state index is 13.1. The minimum atomic E-state index is -0.402. The molecule has 21 heavy (non-hydrogen) atoms. The number of para-hydroxylation sites is 1. The number of ketones is 1. The van der Waals surface area contributed by atoms with Crippen LogP contribution in [-0.4, -0.2) is 30.3 Å². The van der Waals surface area contributed by atoms with Crippen molar-refractivity contribution in [3.05, 3.63) is 36.1 Å². The summed E-state index contributed by atoms with van der Waals surface area (Å²) < 4.78 is 5.81. The zero-order valence-electron chi connectivity index (χ0n) is 13.1. The Labute approximate surface area is 125 Å². The molecule has 0 amide bonds. The van der Waals surface area contributed by atoms with Crippen LogP contribution in [0.1, 0.15) is 43.2 Å². The second kappa shape index (κ2) is 5.30. The van der Waals surface area contributed by atoms with Gasteiger partial charge in [0, 0.05) is 5.39 Å². The molecule has 0 aliphatic heterocycles. The van der Waals surface area contributed by atoms with Crippen LogP contribution in [0.2, 0.25) is 0 Å². The Balaban J connectivity index is 1.97.